The molecule has 0 radical (unpaired) electrons. The summed E-state index contributed by atoms with van der Waals surface area (Å²) in [6.45, 7) is 0. The van der Waals surface area contributed by atoms with Crippen LogP contribution in [0, 0.1) is 17.2 Å². The fraction of sp³-hybridized carbons (Fsp3) is 0.312. The molecule has 0 aliphatic heterocycles. The van der Waals surface area contributed by atoms with Gasteiger partial charge >= 0.3 is 0 Å². The summed E-state index contributed by atoms with van der Waals surface area (Å²) in [5.74, 6) is 0.237. The van der Waals surface area contributed by atoms with E-state index in [0.717, 1.165) is 36.9 Å². The number of anilines is 1. The van der Waals surface area contributed by atoms with Crippen molar-refractivity contribution in [3.05, 3.63) is 35.2 Å². The number of carbonyl (C=O) groups is 1. The van der Waals surface area contributed by atoms with E-state index >= 15 is 0 Å². The summed E-state index contributed by atoms with van der Waals surface area (Å²) in [5, 5.41) is 14.3. The molecule has 1 aliphatic carbocycles. The van der Waals surface area contributed by atoms with Crippen LogP contribution in [0.4, 0.5) is 5.13 Å². The first-order valence-corrected chi connectivity index (χ1v) is 7.91. The van der Waals surface area contributed by atoms with E-state index in [1.165, 1.54) is 11.3 Å². The number of carbonyl (C=O) groups excluding carboxylic acids is 1. The summed E-state index contributed by atoms with van der Waals surface area (Å²) in [6, 6.07) is 9.37. The van der Waals surface area contributed by atoms with Gasteiger partial charge in [0.15, 0.2) is 5.13 Å². The highest BCUT2D eigenvalue weighted by atomic mass is 32.1. The molecule has 4 nitrogen and oxygen atoms in total. The predicted octanol–water partition coefficient (Wildman–Crippen LogP) is 3.81. The Kier molecular flexibility index (Phi) is 3.98. The summed E-state index contributed by atoms with van der Waals surface area (Å²) in [4.78, 5) is 16.5. The second-order valence-electron chi connectivity index (χ2n) is 5.20. The number of thiazole rings is 1. The van der Waals surface area contributed by atoms with Crippen molar-refractivity contribution in [2.24, 2.45) is 5.92 Å². The number of hydrogen-bond donors (Lipinski definition) is 1. The van der Waals surface area contributed by atoms with Crippen molar-refractivity contribution in [3.63, 3.8) is 0 Å². The molecule has 21 heavy (non-hydrogen) atoms. The molecule has 1 fully saturated rings. The number of nitriles is 1. The van der Waals surface area contributed by atoms with Gasteiger partial charge in [-0.1, -0.05) is 25.0 Å². The average Bonchev–Trinajstić information content (AvgIpc) is 3.19. The Morgan fingerprint density at radius 1 is 1.29 bits per heavy atom. The van der Waals surface area contributed by atoms with Crippen LogP contribution >= 0.6 is 11.3 Å². The molecule has 0 spiro atoms. The number of rotatable bonds is 3. The molecule has 0 bridgehead atoms. The smallest absolute Gasteiger partial charge is 0.229 e. The molecule has 1 N–H and O–H groups in total. The van der Waals surface area contributed by atoms with Crippen molar-refractivity contribution < 1.29 is 4.79 Å². The fourth-order valence-corrected chi connectivity index (χ4v) is 3.30. The van der Waals surface area contributed by atoms with E-state index in [9.17, 15) is 4.79 Å². The second kappa shape index (κ2) is 6.06. The average molecular weight is 297 g/mol. The van der Waals surface area contributed by atoms with Crippen molar-refractivity contribution in [2.45, 2.75) is 25.7 Å². The molecule has 5 heteroatoms. The van der Waals surface area contributed by atoms with Crippen molar-refractivity contribution in [3.8, 4) is 17.3 Å². The van der Waals surface area contributed by atoms with Gasteiger partial charge in [0.05, 0.1) is 17.3 Å². The molecule has 1 aliphatic rings. The Hall–Kier alpha value is -2.19. The lowest BCUT2D eigenvalue weighted by Crippen LogP contribution is -2.20. The lowest BCUT2D eigenvalue weighted by atomic mass is 10.1. The highest BCUT2D eigenvalue weighted by molar-refractivity contribution is 7.14. The molecule has 1 amide bonds. The second-order valence-corrected chi connectivity index (χ2v) is 6.06. The van der Waals surface area contributed by atoms with Crippen molar-refractivity contribution >= 4 is 22.4 Å². The van der Waals surface area contributed by atoms with Crippen LogP contribution in [-0.2, 0) is 4.79 Å². The van der Waals surface area contributed by atoms with E-state index in [4.69, 9.17) is 5.26 Å². The van der Waals surface area contributed by atoms with Crippen LogP contribution in [0.25, 0.3) is 11.3 Å². The van der Waals surface area contributed by atoms with Gasteiger partial charge < -0.3 is 5.32 Å². The summed E-state index contributed by atoms with van der Waals surface area (Å²) < 4.78 is 0. The van der Waals surface area contributed by atoms with Crippen LogP contribution in [0.2, 0.25) is 0 Å². The van der Waals surface area contributed by atoms with Gasteiger partial charge in [0.25, 0.3) is 0 Å². The highest BCUT2D eigenvalue weighted by Crippen LogP contribution is 2.28. The zero-order valence-corrected chi connectivity index (χ0v) is 12.3. The quantitative estimate of drug-likeness (QED) is 0.936. The largest absolute Gasteiger partial charge is 0.302 e. The molecular weight excluding hydrogens is 282 g/mol. The van der Waals surface area contributed by atoms with Gasteiger partial charge in [-0.3, -0.25) is 4.79 Å². The SMILES string of the molecule is N#Cc1ccc(-c2csc(NC(=O)C3CCCC3)n2)cc1. The Bertz CT molecular complexity index is 678. The third kappa shape index (κ3) is 3.11. The van der Waals surface area contributed by atoms with E-state index in [2.05, 4.69) is 16.4 Å². The molecule has 1 aromatic carbocycles. The lowest BCUT2D eigenvalue weighted by Gasteiger charge is -2.07. The Morgan fingerprint density at radius 2 is 2.00 bits per heavy atom. The maximum absolute atomic E-state index is 12.1. The number of nitrogens with zero attached hydrogens (tertiary/aromatic N) is 2. The van der Waals surface area contributed by atoms with Gasteiger partial charge in [-0.05, 0) is 25.0 Å². The molecule has 1 saturated carbocycles. The molecular formula is C16H15N3OS. The number of nitrogens with one attached hydrogen (secondary N) is 1. The number of hydrogen-bond acceptors (Lipinski definition) is 4. The fourth-order valence-electron chi connectivity index (χ4n) is 2.57. The summed E-state index contributed by atoms with van der Waals surface area (Å²) in [7, 11) is 0. The summed E-state index contributed by atoms with van der Waals surface area (Å²) >= 11 is 1.43. The Labute approximate surface area is 127 Å². The van der Waals surface area contributed by atoms with Crippen LogP contribution in [0.5, 0.6) is 0 Å². The van der Waals surface area contributed by atoms with Crippen LogP contribution in [0.3, 0.4) is 0 Å². The van der Waals surface area contributed by atoms with Gasteiger partial charge in [0.1, 0.15) is 0 Å². The van der Waals surface area contributed by atoms with Gasteiger partial charge in [-0.15, -0.1) is 11.3 Å². The van der Waals surface area contributed by atoms with Gasteiger partial charge in [0.2, 0.25) is 5.91 Å². The number of aromatic nitrogens is 1. The summed E-state index contributed by atoms with van der Waals surface area (Å²) in [6.07, 6.45) is 4.26. The van der Waals surface area contributed by atoms with Crippen LogP contribution in [0.15, 0.2) is 29.6 Å². The minimum atomic E-state index is 0.0910. The van der Waals surface area contributed by atoms with E-state index in [1.54, 1.807) is 12.1 Å². The number of amides is 1. The van der Waals surface area contributed by atoms with Crippen LogP contribution < -0.4 is 5.32 Å². The molecule has 1 aromatic heterocycles. The van der Waals surface area contributed by atoms with Crippen LogP contribution in [-0.4, -0.2) is 10.9 Å². The van der Waals surface area contributed by atoms with Crippen molar-refractivity contribution in [2.75, 3.05) is 5.32 Å². The lowest BCUT2D eigenvalue weighted by molar-refractivity contribution is -0.119. The Balaban J connectivity index is 1.70. The molecule has 3 rings (SSSR count). The highest BCUT2D eigenvalue weighted by Gasteiger charge is 2.23. The third-order valence-electron chi connectivity index (χ3n) is 3.77. The third-order valence-corrected chi connectivity index (χ3v) is 4.53. The molecule has 0 atom stereocenters. The first-order chi connectivity index (χ1) is 10.3. The molecule has 1 heterocycles. The van der Waals surface area contributed by atoms with Gasteiger partial charge in [0, 0.05) is 16.9 Å². The van der Waals surface area contributed by atoms with E-state index in [1.807, 2.05) is 17.5 Å². The van der Waals surface area contributed by atoms with E-state index in [-0.39, 0.29) is 11.8 Å². The zero-order valence-electron chi connectivity index (χ0n) is 11.5. The van der Waals surface area contributed by atoms with Gasteiger partial charge in [-0.2, -0.15) is 5.26 Å². The van der Waals surface area contributed by atoms with E-state index < -0.39 is 0 Å². The topological polar surface area (TPSA) is 65.8 Å². The maximum Gasteiger partial charge on any atom is 0.229 e. The Morgan fingerprint density at radius 3 is 2.67 bits per heavy atom. The number of benzene rings is 1. The maximum atomic E-state index is 12.1. The molecule has 0 saturated heterocycles. The summed E-state index contributed by atoms with van der Waals surface area (Å²) in [5.41, 5.74) is 2.40. The van der Waals surface area contributed by atoms with Crippen molar-refractivity contribution in [1.29, 1.82) is 5.26 Å². The monoisotopic (exact) mass is 297 g/mol. The minimum absolute atomic E-state index is 0.0910. The molecule has 106 valence electrons. The normalized spacial score (nSPS) is 14.8. The molecule has 0 unspecified atom stereocenters. The standard InChI is InChI=1S/C16H15N3OS/c17-9-11-5-7-12(8-6-11)14-10-21-16(18-14)19-15(20)13-3-1-2-4-13/h5-8,10,13H,1-4H2,(H,18,19,20). The first kappa shape index (κ1) is 13.8. The van der Waals surface area contributed by atoms with Crippen molar-refractivity contribution in [1.82, 2.24) is 4.98 Å². The van der Waals surface area contributed by atoms with Crippen LogP contribution in [0.1, 0.15) is 31.2 Å². The minimum Gasteiger partial charge on any atom is -0.302 e. The van der Waals surface area contributed by atoms with Gasteiger partial charge in [-0.25, -0.2) is 4.98 Å². The predicted molar refractivity (Wildman–Crippen MR) is 82.9 cm³/mol. The first-order valence-electron chi connectivity index (χ1n) is 7.03. The molecule has 2 aromatic rings. The zero-order chi connectivity index (χ0) is 14.7. The van der Waals surface area contributed by atoms with E-state index in [0.29, 0.717) is 10.7 Å².